The summed E-state index contributed by atoms with van der Waals surface area (Å²) in [7, 11) is 1.03. The fourth-order valence-electron chi connectivity index (χ4n) is 0.908. The third kappa shape index (κ3) is 3.57. The highest BCUT2D eigenvalue weighted by atomic mass is 127. The number of halogens is 4. The fraction of sp³-hybridized carbons (Fsp3) is 0.286. The van der Waals surface area contributed by atoms with Gasteiger partial charge in [-0.25, -0.2) is 0 Å². The Morgan fingerprint density at radius 2 is 2.12 bits per heavy atom. The van der Waals surface area contributed by atoms with Crippen molar-refractivity contribution in [1.82, 2.24) is 4.98 Å². The van der Waals surface area contributed by atoms with Gasteiger partial charge in [-0.15, -0.1) is 13.2 Å². The summed E-state index contributed by atoms with van der Waals surface area (Å²) in [6, 6.07) is 0.851. The summed E-state index contributed by atoms with van der Waals surface area (Å²) in [5.74, 6) is -1.92. The fourth-order valence-corrected chi connectivity index (χ4v) is 1.53. The molecule has 1 rings (SSSR count). The number of methoxy groups -OCH3 is 1. The first-order valence-corrected chi connectivity index (χ1v) is 4.97. The zero-order valence-corrected chi connectivity index (χ0v) is 10.3. The highest BCUT2D eigenvalue weighted by molar-refractivity contribution is 14.1. The molecule has 0 spiro atoms. The van der Waals surface area contributed by atoms with Gasteiger partial charge < -0.3 is 19.6 Å². The van der Waals surface area contributed by atoms with Crippen LogP contribution in [0.5, 0.6) is 11.6 Å². The maximum Gasteiger partial charge on any atom is 0.573 e. The van der Waals surface area contributed by atoms with Crippen LogP contribution < -0.4 is 9.47 Å². The molecule has 1 aromatic heterocycles. The van der Waals surface area contributed by atoms with E-state index in [0.29, 0.717) is 0 Å². The van der Waals surface area contributed by atoms with Crippen molar-refractivity contribution in [3.05, 3.63) is 19.8 Å². The Morgan fingerprint density at radius 1 is 1.53 bits per heavy atom. The van der Waals surface area contributed by atoms with E-state index in [9.17, 15) is 23.3 Å². The van der Waals surface area contributed by atoms with E-state index in [1.54, 1.807) is 0 Å². The highest BCUT2D eigenvalue weighted by Crippen LogP contribution is 2.36. The molecule has 0 aliphatic rings. The largest absolute Gasteiger partial charge is 0.573 e. The second-order valence-electron chi connectivity index (χ2n) is 2.61. The Balaban J connectivity index is 3.26. The number of pyridine rings is 1. The van der Waals surface area contributed by atoms with Crippen LogP contribution in [0.2, 0.25) is 0 Å². The number of aromatic nitrogens is 1. The Kier molecular flexibility index (Phi) is 3.95. The SMILES string of the molecule is COc1nc([N+](=O)[O-])cc(I)c1OC(F)(F)F. The van der Waals surface area contributed by atoms with Gasteiger partial charge in [0.2, 0.25) is 5.75 Å². The molecule has 6 nitrogen and oxygen atoms in total. The van der Waals surface area contributed by atoms with Gasteiger partial charge in [-0.2, -0.15) is 0 Å². The predicted molar refractivity (Wildman–Crippen MR) is 56.8 cm³/mol. The van der Waals surface area contributed by atoms with Crippen molar-refractivity contribution in [2.75, 3.05) is 7.11 Å². The van der Waals surface area contributed by atoms with E-state index >= 15 is 0 Å². The minimum absolute atomic E-state index is 0.126. The monoisotopic (exact) mass is 364 g/mol. The van der Waals surface area contributed by atoms with E-state index < -0.39 is 28.7 Å². The molecule has 10 heteroatoms. The molecule has 0 aromatic carbocycles. The summed E-state index contributed by atoms with van der Waals surface area (Å²) in [5, 5.41) is 10.4. The zero-order chi connectivity index (χ0) is 13.2. The topological polar surface area (TPSA) is 74.5 Å². The summed E-state index contributed by atoms with van der Waals surface area (Å²) in [5.41, 5.74) is 0. The molecule has 94 valence electrons. The minimum atomic E-state index is -4.93. The lowest BCUT2D eigenvalue weighted by Gasteiger charge is -2.10. The lowest BCUT2D eigenvalue weighted by molar-refractivity contribution is -0.389. The van der Waals surface area contributed by atoms with E-state index in [-0.39, 0.29) is 3.57 Å². The summed E-state index contributed by atoms with van der Waals surface area (Å²) in [4.78, 5) is 12.9. The number of ether oxygens (including phenoxy) is 2. The summed E-state index contributed by atoms with van der Waals surface area (Å²) < 4.78 is 44.2. The third-order valence-corrected chi connectivity index (χ3v) is 2.28. The van der Waals surface area contributed by atoms with E-state index in [4.69, 9.17) is 0 Å². The first kappa shape index (κ1) is 13.7. The Labute approximate surface area is 106 Å². The molecular formula is C7H4F3IN2O4. The summed E-state index contributed by atoms with van der Waals surface area (Å²) in [6.07, 6.45) is -4.93. The van der Waals surface area contributed by atoms with Crippen LogP contribution in [-0.2, 0) is 0 Å². The van der Waals surface area contributed by atoms with Crippen molar-refractivity contribution >= 4 is 28.4 Å². The summed E-state index contributed by atoms with van der Waals surface area (Å²) in [6.45, 7) is 0. The first-order valence-electron chi connectivity index (χ1n) is 3.89. The number of rotatable bonds is 3. The molecule has 0 fully saturated rings. The molecule has 0 unspecified atom stereocenters. The third-order valence-electron chi connectivity index (χ3n) is 1.48. The van der Waals surface area contributed by atoms with Crippen LogP contribution in [0.15, 0.2) is 6.07 Å². The molecule has 0 aliphatic heterocycles. The lowest BCUT2D eigenvalue weighted by Crippen LogP contribution is -2.19. The second-order valence-corrected chi connectivity index (χ2v) is 3.77. The Bertz CT molecular complexity index is 451. The van der Waals surface area contributed by atoms with Gasteiger partial charge in [0.25, 0.3) is 0 Å². The standard InChI is InChI=1S/C7H4F3IN2O4/c1-16-6-5(17-7(8,9)10)3(11)2-4(12-6)13(14)15/h2H,1H3. The van der Waals surface area contributed by atoms with Gasteiger partial charge in [0.15, 0.2) is 0 Å². The van der Waals surface area contributed by atoms with Crippen molar-refractivity contribution in [3.63, 3.8) is 0 Å². The number of nitro groups is 1. The quantitative estimate of drug-likeness (QED) is 0.468. The van der Waals surface area contributed by atoms with Crippen LogP contribution in [0.3, 0.4) is 0 Å². The van der Waals surface area contributed by atoms with Gasteiger partial charge in [-0.1, -0.05) is 0 Å². The van der Waals surface area contributed by atoms with Gasteiger partial charge in [0.05, 0.1) is 16.7 Å². The Hall–Kier alpha value is -1.33. The normalized spacial score (nSPS) is 11.1. The highest BCUT2D eigenvalue weighted by Gasteiger charge is 2.36. The number of alkyl halides is 3. The maximum atomic E-state index is 12.1. The van der Waals surface area contributed by atoms with E-state index in [1.807, 2.05) is 0 Å². The first-order chi connectivity index (χ1) is 7.74. The predicted octanol–water partition coefficient (Wildman–Crippen LogP) is 2.50. The molecule has 0 N–H and O–H groups in total. The average Bonchev–Trinajstić information content (AvgIpc) is 2.18. The van der Waals surface area contributed by atoms with Crippen molar-refractivity contribution < 1.29 is 27.6 Å². The van der Waals surface area contributed by atoms with Crippen molar-refractivity contribution in [1.29, 1.82) is 0 Å². The molecule has 1 aromatic rings. The summed E-state index contributed by atoms with van der Waals surface area (Å²) >= 11 is 1.46. The molecule has 0 aliphatic carbocycles. The van der Waals surface area contributed by atoms with Crippen molar-refractivity contribution in [3.8, 4) is 11.6 Å². The average molecular weight is 364 g/mol. The van der Waals surface area contributed by atoms with Crippen LogP contribution in [0.4, 0.5) is 19.0 Å². The molecule has 0 saturated heterocycles. The van der Waals surface area contributed by atoms with Crippen LogP contribution in [0.25, 0.3) is 0 Å². The molecule has 0 amide bonds. The molecule has 0 bridgehead atoms. The maximum absolute atomic E-state index is 12.1. The smallest absolute Gasteiger partial charge is 0.460 e. The van der Waals surface area contributed by atoms with Gasteiger partial charge in [0.1, 0.15) is 0 Å². The lowest BCUT2D eigenvalue weighted by atomic mass is 10.4. The number of hydrogen-bond donors (Lipinski definition) is 0. The van der Waals surface area contributed by atoms with Gasteiger partial charge >= 0.3 is 18.1 Å². The minimum Gasteiger partial charge on any atom is -0.460 e. The van der Waals surface area contributed by atoms with Crippen LogP contribution in [0.1, 0.15) is 0 Å². The van der Waals surface area contributed by atoms with Gasteiger partial charge in [0, 0.05) is 4.98 Å². The molecule has 17 heavy (non-hydrogen) atoms. The van der Waals surface area contributed by atoms with E-state index in [2.05, 4.69) is 14.5 Å². The van der Waals surface area contributed by atoms with E-state index in [1.165, 1.54) is 22.6 Å². The Morgan fingerprint density at radius 3 is 2.53 bits per heavy atom. The molecule has 0 atom stereocenters. The van der Waals surface area contributed by atoms with Crippen molar-refractivity contribution in [2.24, 2.45) is 0 Å². The van der Waals surface area contributed by atoms with Crippen molar-refractivity contribution in [2.45, 2.75) is 6.36 Å². The molecule has 0 saturated carbocycles. The van der Waals surface area contributed by atoms with Gasteiger partial charge in [-0.05, 0) is 27.5 Å². The van der Waals surface area contributed by atoms with Crippen LogP contribution in [-0.4, -0.2) is 23.4 Å². The molecule has 1 heterocycles. The number of nitrogens with zero attached hydrogens (tertiary/aromatic N) is 2. The molecule has 0 radical (unpaired) electrons. The van der Waals surface area contributed by atoms with E-state index in [0.717, 1.165) is 13.2 Å². The second kappa shape index (κ2) is 4.89. The van der Waals surface area contributed by atoms with Crippen LogP contribution in [0, 0.1) is 13.7 Å². The molecular weight excluding hydrogens is 360 g/mol. The number of hydrogen-bond acceptors (Lipinski definition) is 5. The van der Waals surface area contributed by atoms with Gasteiger partial charge in [-0.3, -0.25) is 0 Å². The zero-order valence-electron chi connectivity index (χ0n) is 8.12. The van der Waals surface area contributed by atoms with Crippen LogP contribution >= 0.6 is 22.6 Å².